The molecule has 1 atom stereocenters. The van der Waals surface area contributed by atoms with Crippen molar-refractivity contribution < 1.29 is 28.2 Å². The minimum absolute atomic E-state index is 0.000641. The molecule has 0 saturated carbocycles. The van der Waals surface area contributed by atoms with Gasteiger partial charge in [0, 0.05) is 7.05 Å². The van der Waals surface area contributed by atoms with E-state index in [-0.39, 0.29) is 18.1 Å². The van der Waals surface area contributed by atoms with Gasteiger partial charge in [0.15, 0.2) is 0 Å². The first kappa shape index (κ1) is 33.7. The van der Waals surface area contributed by atoms with E-state index in [1.165, 1.54) is 23.1 Å². The van der Waals surface area contributed by atoms with Gasteiger partial charge in [-0.3, -0.25) is 4.79 Å². The van der Waals surface area contributed by atoms with Crippen LogP contribution in [0.4, 0.5) is 9.18 Å². The number of amides is 2. The van der Waals surface area contributed by atoms with Crippen LogP contribution in [0.2, 0.25) is 0 Å². The molecule has 252 valence electrons. The molecule has 1 unspecified atom stereocenters. The molecule has 0 aliphatic carbocycles. The van der Waals surface area contributed by atoms with Crippen molar-refractivity contribution in [1.29, 1.82) is 0 Å². The van der Waals surface area contributed by atoms with Crippen LogP contribution in [0, 0.1) is 5.82 Å². The van der Waals surface area contributed by atoms with Crippen LogP contribution in [-0.2, 0) is 24.4 Å². The second-order valence-electron chi connectivity index (χ2n) is 11.7. The Hall–Kier alpha value is -6.22. The van der Waals surface area contributed by atoms with Crippen LogP contribution in [0.1, 0.15) is 32.6 Å². The lowest BCUT2D eigenvalue weighted by molar-refractivity contribution is 0.0995. The van der Waals surface area contributed by atoms with Gasteiger partial charge < -0.3 is 19.1 Å². The molecule has 5 aromatic rings. The molecular formula is C41H36FN3O5. The zero-order valence-corrected chi connectivity index (χ0v) is 27.7. The Balaban J connectivity index is 1.36. The molecule has 9 heteroatoms. The monoisotopic (exact) mass is 669 g/mol. The molecule has 1 aliphatic rings. The van der Waals surface area contributed by atoms with Gasteiger partial charge in [-0.25, -0.2) is 14.1 Å². The van der Waals surface area contributed by atoms with Gasteiger partial charge in [-0.15, -0.1) is 0 Å². The average Bonchev–Trinajstić information content (AvgIpc) is 3.40. The van der Waals surface area contributed by atoms with Crippen molar-refractivity contribution in [3.8, 4) is 11.5 Å². The number of hydrogen-bond acceptors (Lipinski definition) is 5. The molecule has 0 N–H and O–H groups in total. The summed E-state index contributed by atoms with van der Waals surface area (Å²) in [5.41, 5.74) is 3.91. The third-order valence-electron chi connectivity index (χ3n) is 8.31. The van der Waals surface area contributed by atoms with Crippen molar-refractivity contribution in [2.75, 3.05) is 14.2 Å². The van der Waals surface area contributed by atoms with Gasteiger partial charge in [0.05, 0.1) is 24.4 Å². The number of ether oxygens (including phenoxy) is 3. The summed E-state index contributed by atoms with van der Waals surface area (Å²) in [5, 5.41) is 0. The highest BCUT2D eigenvalue weighted by Crippen LogP contribution is 2.32. The second-order valence-corrected chi connectivity index (χ2v) is 11.7. The summed E-state index contributed by atoms with van der Waals surface area (Å²) in [6.45, 7) is 0.440. The summed E-state index contributed by atoms with van der Waals surface area (Å²) in [7, 11) is 3.34. The predicted octanol–water partition coefficient (Wildman–Crippen LogP) is 8.15. The van der Waals surface area contributed by atoms with E-state index in [4.69, 9.17) is 14.2 Å². The molecular weight excluding hydrogens is 633 g/mol. The van der Waals surface area contributed by atoms with Gasteiger partial charge >= 0.3 is 6.09 Å². The van der Waals surface area contributed by atoms with Gasteiger partial charge in [-0.2, -0.15) is 4.99 Å². The smallest absolute Gasteiger partial charge is 0.421 e. The molecule has 50 heavy (non-hydrogen) atoms. The zero-order valence-electron chi connectivity index (χ0n) is 27.7. The number of nitrogens with zero attached hydrogens (tertiary/aromatic N) is 3. The topological polar surface area (TPSA) is 80.7 Å². The molecule has 0 spiro atoms. The zero-order chi connectivity index (χ0) is 34.9. The second kappa shape index (κ2) is 15.8. The van der Waals surface area contributed by atoms with Crippen molar-refractivity contribution in [1.82, 2.24) is 9.80 Å². The van der Waals surface area contributed by atoms with E-state index in [0.717, 1.165) is 28.0 Å². The fraction of sp³-hybridized carbons (Fsp3) is 0.146. The number of guanidine groups is 1. The number of aliphatic imine (C=N–C) groups is 1. The summed E-state index contributed by atoms with van der Waals surface area (Å²) in [6.07, 6.45) is 1.57. The first-order valence-corrected chi connectivity index (χ1v) is 16.1. The Labute approximate surface area is 290 Å². The quantitative estimate of drug-likeness (QED) is 0.149. The molecule has 5 aromatic carbocycles. The lowest BCUT2D eigenvalue weighted by Gasteiger charge is -2.20. The van der Waals surface area contributed by atoms with Crippen LogP contribution >= 0.6 is 0 Å². The van der Waals surface area contributed by atoms with E-state index in [9.17, 15) is 14.0 Å². The van der Waals surface area contributed by atoms with E-state index in [1.807, 2.05) is 115 Å². The Morgan fingerprint density at radius 1 is 0.740 bits per heavy atom. The van der Waals surface area contributed by atoms with Crippen LogP contribution in [0.5, 0.6) is 11.5 Å². The first-order chi connectivity index (χ1) is 24.4. The van der Waals surface area contributed by atoms with E-state index in [1.54, 1.807) is 25.1 Å². The fourth-order valence-corrected chi connectivity index (χ4v) is 5.60. The number of likely N-dealkylation sites (N-methyl/N-ethyl adjacent to an activating group) is 1. The molecule has 1 heterocycles. The average molecular weight is 670 g/mol. The number of carbonyl (C=O) groups is 2. The number of halogens is 1. The maximum Gasteiger partial charge on any atom is 0.421 e. The number of hydrogen-bond donors (Lipinski definition) is 0. The molecule has 1 saturated heterocycles. The van der Waals surface area contributed by atoms with Gasteiger partial charge in [-0.1, -0.05) is 97.1 Å². The summed E-state index contributed by atoms with van der Waals surface area (Å²) >= 11 is 0. The molecule has 6 rings (SSSR count). The molecule has 2 amide bonds. The van der Waals surface area contributed by atoms with Crippen LogP contribution in [0.15, 0.2) is 144 Å². The predicted molar refractivity (Wildman–Crippen MR) is 190 cm³/mol. The van der Waals surface area contributed by atoms with Gasteiger partial charge in [0.1, 0.15) is 30.5 Å². The maximum absolute atomic E-state index is 14.7. The maximum atomic E-state index is 14.7. The van der Waals surface area contributed by atoms with Crippen LogP contribution < -0.4 is 9.47 Å². The van der Waals surface area contributed by atoms with Crippen molar-refractivity contribution in [2.45, 2.75) is 25.7 Å². The van der Waals surface area contributed by atoms with Gasteiger partial charge in [0.25, 0.3) is 5.91 Å². The Kier molecular flexibility index (Phi) is 10.6. The van der Waals surface area contributed by atoms with Crippen LogP contribution in [0.25, 0.3) is 6.08 Å². The largest absolute Gasteiger partial charge is 0.497 e. The molecule has 1 aliphatic heterocycles. The van der Waals surface area contributed by atoms with Gasteiger partial charge in [0.2, 0.25) is 5.96 Å². The Morgan fingerprint density at radius 2 is 1.34 bits per heavy atom. The minimum atomic E-state index is -0.824. The lowest BCUT2D eigenvalue weighted by atomic mass is 10.0. The normalized spacial score (nSPS) is 15.7. The van der Waals surface area contributed by atoms with E-state index >= 15 is 0 Å². The SMILES string of the molecule is COc1ccc(/C=C2/C(Cc3ccc(OCc4ccccc4)cc3)N(C)C(=NC(=O)c3ccccc3F)N2C(=O)OCc2ccccc2)cc1. The summed E-state index contributed by atoms with van der Waals surface area (Å²) in [5.74, 6) is -0.117. The third-order valence-corrected chi connectivity index (χ3v) is 8.31. The third kappa shape index (κ3) is 8.07. The van der Waals surface area contributed by atoms with Gasteiger partial charge in [-0.05, 0) is 71.1 Å². The van der Waals surface area contributed by atoms with E-state index in [0.29, 0.717) is 24.5 Å². The van der Waals surface area contributed by atoms with Crippen LogP contribution in [0.3, 0.4) is 0 Å². The highest BCUT2D eigenvalue weighted by molar-refractivity contribution is 6.08. The fourth-order valence-electron chi connectivity index (χ4n) is 5.60. The highest BCUT2D eigenvalue weighted by atomic mass is 19.1. The first-order valence-electron chi connectivity index (χ1n) is 16.1. The molecule has 0 aromatic heterocycles. The number of carbonyl (C=O) groups excluding carboxylic acids is 2. The van der Waals surface area contributed by atoms with Crippen molar-refractivity contribution in [3.63, 3.8) is 0 Å². The molecule has 1 fully saturated rings. The van der Waals surface area contributed by atoms with E-state index < -0.39 is 23.9 Å². The number of methoxy groups -OCH3 is 1. The molecule has 8 nitrogen and oxygen atoms in total. The lowest BCUT2D eigenvalue weighted by Crippen LogP contribution is -2.37. The standard InChI is InChI=1S/C41H36FN3O5/c1-44-37(25-29-19-23-34(24-20-29)49-27-31-11-5-3-6-12-31)38(26-30-17-21-33(48-2)22-18-30)45(41(47)50-28-32-13-7-4-8-14-32)40(44)43-39(46)35-15-9-10-16-36(35)42/h3-24,26,37H,25,27-28H2,1-2H3/b38-26-,43-40?. The summed E-state index contributed by atoms with van der Waals surface area (Å²) < 4.78 is 31.8. The van der Waals surface area contributed by atoms with E-state index in [2.05, 4.69) is 4.99 Å². The van der Waals surface area contributed by atoms with Crippen molar-refractivity contribution in [2.24, 2.45) is 4.99 Å². The minimum Gasteiger partial charge on any atom is -0.497 e. The summed E-state index contributed by atoms with van der Waals surface area (Å²) in [6, 6.07) is 39.5. The molecule has 0 bridgehead atoms. The number of benzene rings is 5. The van der Waals surface area contributed by atoms with Crippen molar-refractivity contribution >= 4 is 24.0 Å². The summed E-state index contributed by atoms with van der Waals surface area (Å²) in [4.78, 5) is 34.8. The van der Waals surface area contributed by atoms with Crippen molar-refractivity contribution in [3.05, 3.63) is 173 Å². The van der Waals surface area contributed by atoms with Crippen LogP contribution in [-0.4, -0.2) is 48.0 Å². The Bertz CT molecular complexity index is 1980. The molecule has 0 radical (unpaired) electrons. The Morgan fingerprint density at radius 3 is 1.98 bits per heavy atom. The number of rotatable bonds is 10. The highest BCUT2D eigenvalue weighted by Gasteiger charge is 2.43.